The number of ether oxygens (including phenoxy) is 2. The van der Waals surface area contributed by atoms with E-state index in [1.807, 2.05) is 32.0 Å². The molecule has 2 atom stereocenters. The smallest absolute Gasteiger partial charge is 0.347 e. The van der Waals surface area contributed by atoms with Crippen molar-refractivity contribution in [2.75, 3.05) is 6.61 Å². The number of esters is 1. The summed E-state index contributed by atoms with van der Waals surface area (Å²) in [5, 5.41) is 9.78. The van der Waals surface area contributed by atoms with E-state index in [1.165, 1.54) is 0 Å². The number of aliphatic hydroxyl groups excluding tert-OH is 1. The van der Waals surface area contributed by atoms with Gasteiger partial charge in [-0.05, 0) is 38.8 Å². The second-order valence-corrected chi connectivity index (χ2v) is 4.86. The molecule has 0 aliphatic heterocycles. The average molecular weight is 280 g/mol. The zero-order valence-corrected chi connectivity index (χ0v) is 12.7. The highest BCUT2D eigenvalue weighted by atomic mass is 16.6. The molecule has 1 rings (SSSR count). The number of hydrogen-bond acceptors (Lipinski definition) is 4. The van der Waals surface area contributed by atoms with Crippen LogP contribution >= 0.6 is 0 Å². The Kier molecular flexibility index (Phi) is 6.52. The molecule has 0 amide bonds. The first-order valence-electron chi connectivity index (χ1n) is 7.11. The van der Waals surface area contributed by atoms with Crippen LogP contribution in [0.3, 0.4) is 0 Å². The number of benzene rings is 1. The van der Waals surface area contributed by atoms with Gasteiger partial charge in [0.25, 0.3) is 0 Å². The molecule has 4 nitrogen and oxygen atoms in total. The van der Waals surface area contributed by atoms with Crippen LogP contribution in [0.5, 0.6) is 5.75 Å². The normalized spacial score (nSPS) is 13.7. The van der Waals surface area contributed by atoms with Crippen LogP contribution in [0.25, 0.3) is 0 Å². The molecule has 1 N–H and O–H groups in total. The number of hydrogen-bond donors (Lipinski definition) is 1. The standard InChI is InChI=1S/C16H24O4/c1-5-7-14(16(18)19-6-2)20-15-10-11(3)8-9-13(15)12(4)17/h8-10,12,14,17H,5-7H2,1-4H3/t12-,14?/m0/s1. The summed E-state index contributed by atoms with van der Waals surface area (Å²) < 4.78 is 10.8. The minimum atomic E-state index is -0.643. The van der Waals surface area contributed by atoms with Crippen molar-refractivity contribution in [2.24, 2.45) is 0 Å². The van der Waals surface area contributed by atoms with E-state index in [0.717, 1.165) is 12.0 Å². The van der Waals surface area contributed by atoms with Gasteiger partial charge in [0.15, 0.2) is 6.10 Å². The Morgan fingerprint density at radius 3 is 2.60 bits per heavy atom. The van der Waals surface area contributed by atoms with E-state index in [9.17, 15) is 9.90 Å². The third-order valence-electron chi connectivity index (χ3n) is 2.99. The Hall–Kier alpha value is -1.55. The molecule has 0 fully saturated rings. The summed E-state index contributed by atoms with van der Waals surface area (Å²) in [5.74, 6) is 0.193. The van der Waals surface area contributed by atoms with Crippen LogP contribution in [0.15, 0.2) is 18.2 Å². The Morgan fingerprint density at radius 2 is 2.05 bits per heavy atom. The third kappa shape index (κ3) is 4.53. The lowest BCUT2D eigenvalue weighted by Crippen LogP contribution is -2.29. The van der Waals surface area contributed by atoms with Crippen molar-refractivity contribution in [3.63, 3.8) is 0 Å². The Balaban J connectivity index is 2.97. The van der Waals surface area contributed by atoms with Gasteiger partial charge in [0, 0.05) is 5.56 Å². The minimum Gasteiger partial charge on any atom is -0.478 e. The van der Waals surface area contributed by atoms with E-state index in [4.69, 9.17) is 9.47 Å². The van der Waals surface area contributed by atoms with Gasteiger partial charge in [0.2, 0.25) is 0 Å². The summed E-state index contributed by atoms with van der Waals surface area (Å²) in [7, 11) is 0. The molecule has 0 radical (unpaired) electrons. The fourth-order valence-electron chi connectivity index (χ4n) is 1.96. The fraction of sp³-hybridized carbons (Fsp3) is 0.562. The lowest BCUT2D eigenvalue weighted by atomic mass is 10.1. The van der Waals surface area contributed by atoms with Crippen LogP contribution in [0, 0.1) is 6.92 Å². The first-order chi connectivity index (χ1) is 9.49. The number of rotatable bonds is 7. The summed E-state index contributed by atoms with van der Waals surface area (Å²) in [6, 6.07) is 5.57. The molecule has 1 unspecified atom stereocenters. The second kappa shape index (κ2) is 7.90. The highest BCUT2D eigenvalue weighted by molar-refractivity contribution is 5.75. The van der Waals surface area contributed by atoms with E-state index in [2.05, 4.69) is 0 Å². The van der Waals surface area contributed by atoms with E-state index in [1.54, 1.807) is 13.8 Å². The van der Waals surface area contributed by atoms with Crippen LogP contribution in [0.1, 0.15) is 50.8 Å². The summed E-state index contributed by atoms with van der Waals surface area (Å²) in [5.41, 5.74) is 1.70. The monoisotopic (exact) mass is 280 g/mol. The summed E-state index contributed by atoms with van der Waals surface area (Å²) in [4.78, 5) is 11.9. The lowest BCUT2D eigenvalue weighted by molar-refractivity contribution is -0.151. The molecule has 0 saturated heterocycles. The van der Waals surface area contributed by atoms with Gasteiger partial charge in [-0.25, -0.2) is 4.79 Å². The number of carbonyl (C=O) groups excluding carboxylic acids is 1. The first-order valence-corrected chi connectivity index (χ1v) is 7.11. The van der Waals surface area contributed by atoms with Crippen molar-refractivity contribution in [1.29, 1.82) is 0 Å². The zero-order valence-electron chi connectivity index (χ0n) is 12.7. The van der Waals surface area contributed by atoms with Gasteiger partial charge in [-0.3, -0.25) is 0 Å². The molecule has 1 aromatic carbocycles. The maximum atomic E-state index is 11.9. The van der Waals surface area contributed by atoms with Crippen molar-refractivity contribution in [1.82, 2.24) is 0 Å². The quantitative estimate of drug-likeness (QED) is 0.779. The molecule has 0 aliphatic carbocycles. The van der Waals surface area contributed by atoms with E-state index in [0.29, 0.717) is 24.3 Å². The van der Waals surface area contributed by atoms with Crippen LogP contribution in [-0.2, 0) is 9.53 Å². The molecule has 0 aromatic heterocycles. The van der Waals surface area contributed by atoms with E-state index >= 15 is 0 Å². The van der Waals surface area contributed by atoms with Crippen molar-refractivity contribution in [3.05, 3.63) is 29.3 Å². The Morgan fingerprint density at radius 1 is 1.35 bits per heavy atom. The molecule has 0 bridgehead atoms. The molecular weight excluding hydrogens is 256 g/mol. The maximum Gasteiger partial charge on any atom is 0.347 e. The minimum absolute atomic E-state index is 0.333. The maximum absolute atomic E-state index is 11.9. The number of aryl methyl sites for hydroxylation is 1. The molecular formula is C16H24O4. The highest BCUT2D eigenvalue weighted by Crippen LogP contribution is 2.28. The average Bonchev–Trinajstić information content (AvgIpc) is 2.38. The van der Waals surface area contributed by atoms with E-state index < -0.39 is 12.2 Å². The summed E-state index contributed by atoms with van der Waals surface area (Å²) >= 11 is 0. The predicted octanol–water partition coefficient (Wildman–Crippen LogP) is 3.16. The van der Waals surface area contributed by atoms with Crippen LogP contribution in [-0.4, -0.2) is 23.8 Å². The zero-order chi connectivity index (χ0) is 15.1. The molecule has 1 aromatic rings. The molecule has 0 heterocycles. The number of carbonyl (C=O) groups is 1. The molecule has 0 saturated carbocycles. The second-order valence-electron chi connectivity index (χ2n) is 4.86. The van der Waals surface area contributed by atoms with Crippen LogP contribution in [0.2, 0.25) is 0 Å². The molecule has 4 heteroatoms. The number of aliphatic hydroxyl groups is 1. The van der Waals surface area contributed by atoms with Crippen molar-refractivity contribution >= 4 is 5.97 Å². The highest BCUT2D eigenvalue weighted by Gasteiger charge is 2.22. The van der Waals surface area contributed by atoms with Gasteiger partial charge in [-0.1, -0.05) is 25.5 Å². The van der Waals surface area contributed by atoms with Gasteiger partial charge >= 0.3 is 5.97 Å². The first kappa shape index (κ1) is 16.5. The molecule has 0 spiro atoms. The van der Waals surface area contributed by atoms with E-state index in [-0.39, 0.29) is 5.97 Å². The van der Waals surface area contributed by atoms with Crippen molar-refractivity contribution in [3.8, 4) is 5.75 Å². The molecule has 0 aliphatic rings. The van der Waals surface area contributed by atoms with Gasteiger partial charge in [0.1, 0.15) is 5.75 Å². The van der Waals surface area contributed by atoms with Crippen molar-refractivity contribution < 1.29 is 19.4 Å². The Labute approximate surface area is 120 Å². The van der Waals surface area contributed by atoms with Gasteiger partial charge < -0.3 is 14.6 Å². The topological polar surface area (TPSA) is 55.8 Å². The lowest BCUT2D eigenvalue weighted by Gasteiger charge is -2.20. The van der Waals surface area contributed by atoms with Crippen LogP contribution < -0.4 is 4.74 Å². The van der Waals surface area contributed by atoms with Gasteiger partial charge in [-0.15, -0.1) is 0 Å². The van der Waals surface area contributed by atoms with Gasteiger partial charge in [-0.2, -0.15) is 0 Å². The summed E-state index contributed by atoms with van der Waals surface area (Å²) in [6.07, 6.45) is 0.139. The third-order valence-corrected chi connectivity index (χ3v) is 2.99. The van der Waals surface area contributed by atoms with Crippen LogP contribution in [0.4, 0.5) is 0 Å². The fourth-order valence-corrected chi connectivity index (χ4v) is 1.96. The van der Waals surface area contributed by atoms with Gasteiger partial charge in [0.05, 0.1) is 12.7 Å². The SMILES string of the molecule is CCCC(Oc1cc(C)ccc1[C@H](C)O)C(=O)OCC. The largest absolute Gasteiger partial charge is 0.478 e. The molecule has 20 heavy (non-hydrogen) atoms. The Bertz CT molecular complexity index is 440. The predicted molar refractivity (Wildman–Crippen MR) is 77.8 cm³/mol. The molecule has 112 valence electrons. The summed E-state index contributed by atoms with van der Waals surface area (Å²) in [6.45, 7) is 7.71. The van der Waals surface area contributed by atoms with Crippen molar-refractivity contribution in [2.45, 2.75) is 52.7 Å².